The lowest BCUT2D eigenvalue weighted by Gasteiger charge is -2.18. The number of hydrogen-bond acceptors (Lipinski definition) is 6. The van der Waals surface area contributed by atoms with Crippen LogP contribution >= 0.6 is 11.3 Å². The molecule has 2 atom stereocenters. The third kappa shape index (κ3) is 3.29. The summed E-state index contributed by atoms with van der Waals surface area (Å²) in [4.78, 5) is 19.7. The van der Waals surface area contributed by atoms with Gasteiger partial charge in [-0.15, -0.1) is 11.3 Å². The van der Waals surface area contributed by atoms with Crippen LogP contribution in [0.2, 0.25) is 0 Å². The van der Waals surface area contributed by atoms with Gasteiger partial charge >= 0.3 is 0 Å². The molecule has 1 aliphatic carbocycles. The Morgan fingerprint density at radius 1 is 1.36 bits per heavy atom. The molecule has 148 valence electrons. The number of benzene rings is 1. The predicted molar refractivity (Wildman–Crippen MR) is 110 cm³/mol. The van der Waals surface area contributed by atoms with Crippen molar-refractivity contribution in [1.82, 2.24) is 9.55 Å². The normalized spacial score (nSPS) is 17.4. The van der Waals surface area contributed by atoms with Gasteiger partial charge in [-0.3, -0.25) is 9.36 Å². The molecule has 0 amide bonds. The highest BCUT2D eigenvalue weighted by molar-refractivity contribution is 7.18. The van der Waals surface area contributed by atoms with Gasteiger partial charge in [0.15, 0.2) is 0 Å². The highest BCUT2D eigenvalue weighted by atomic mass is 32.1. The van der Waals surface area contributed by atoms with Crippen molar-refractivity contribution < 1.29 is 14.6 Å². The van der Waals surface area contributed by atoms with Crippen LogP contribution in [0.1, 0.15) is 35.5 Å². The Balaban J connectivity index is 1.71. The quantitative estimate of drug-likeness (QED) is 0.711. The van der Waals surface area contributed by atoms with Gasteiger partial charge in [0, 0.05) is 10.4 Å². The Bertz CT molecular complexity index is 1070. The molecule has 0 saturated carbocycles. The summed E-state index contributed by atoms with van der Waals surface area (Å²) in [6.45, 7) is 2.35. The van der Waals surface area contributed by atoms with Gasteiger partial charge in [0.1, 0.15) is 22.4 Å². The van der Waals surface area contributed by atoms with E-state index < -0.39 is 6.10 Å². The zero-order valence-electron chi connectivity index (χ0n) is 16.3. The van der Waals surface area contributed by atoms with Crippen LogP contribution in [-0.2, 0) is 19.4 Å². The zero-order chi connectivity index (χ0) is 19.8. The molecule has 2 aromatic heterocycles. The minimum Gasteiger partial charge on any atom is -0.497 e. The fourth-order valence-corrected chi connectivity index (χ4v) is 5.22. The maximum Gasteiger partial charge on any atom is 0.262 e. The molecule has 0 radical (unpaired) electrons. The van der Waals surface area contributed by atoms with Crippen molar-refractivity contribution in [2.24, 2.45) is 5.92 Å². The molecule has 1 N–H and O–H groups in total. The third-order valence-corrected chi connectivity index (χ3v) is 6.61. The van der Waals surface area contributed by atoms with E-state index in [4.69, 9.17) is 9.47 Å². The topological polar surface area (TPSA) is 73.6 Å². The molecule has 28 heavy (non-hydrogen) atoms. The fourth-order valence-electron chi connectivity index (χ4n) is 3.88. The van der Waals surface area contributed by atoms with Gasteiger partial charge in [-0.2, -0.15) is 0 Å². The van der Waals surface area contributed by atoms with Crippen LogP contribution in [0.3, 0.4) is 0 Å². The van der Waals surface area contributed by atoms with E-state index in [2.05, 4.69) is 11.9 Å². The molecular weight excluding hydrogens is 376 g/mol. The van der Waals surface area contributed by atoms with Crippen molar-refractivity contribution in [1.29, 1.82) is 0 Å². The molecule has 0 spiro atoms. The van der Waals surface area contributed by atoms with Gasteiger partial charge in [-0.05, 0) is 48.9 Å². The van der Waals surface area contributed by atoms with E-state index in [-0.39, 0.29) is 12.1 Å². The number of thiophene rings is 1. The minimum absolute atomic E-state index is 0.0852. The van der Waals surface area contributed by atoms with Gasteiger partial charge in [0.2, 0.25) is 0 Å². The molecule has 1 aliphatic rings. The molecule has 1 aromatic carbocycles. The van der Waals surface area contributed by atoms with Crippen molar-refractivity contribution in [2.45, 2.75) is 38.8 Å². The van der Waals surface area contributed by atoms with Gasteiger partial charge in [-0.25, -0.2) is 4.98 Å². The van der Waals surface area contributed by atoms with E-state index in [9.17, 15) is 9.90 Å². The van der Waals surface area contributed by atoms with Crippen molar-refractivity contribution in [3.8, 4) is 11.5 Å². The number of methoxy groups -OCH3 is 2. The van der Waals surface area contributed by atoms with E-state index >= 15 is 0 Å². The van der Waals surface area contributed by atoms with Crippen LogP contribution in [0.5, 0.6) is 11.5 Å². The molecule has 4 rings (SSSR count). The fraction of sp³-hybridized carbons (Fsp3) is 0.429. The summed E-state index contributed by atoms with van der Waals surface area (Å²) < 4.78 is 12.1. The first-order valence-electron chi connectivity index (χ1n) is 9.41. The Kier molecular flexibility index (Phi) is 5.12. The number of aromatic nitrogens is 2. The summed E-state index contributed by atoms with van der Waals surface area (Å²) in [6.07, 6.45) is 3.64. The number of aryl methyl sites for hydroxylation is 1. The summed E-state index contributed by atoms with van der Waals surface area (Å²) in [5.74, 6) is 1.82. The van der Waals surface area contributed by atoms with Gasteiger partial charge in [0.05, 0.1) is 32.5 Å². The standard InChI is InChI=1S/C21H24N2O4S/c1-12-4-6-14-18(8-12)28-20-19(14)21(25)23(11-22-20)10-16(24)15-9-13(26-2)5-7-17(15)27-3/h5,7,9,11-12,16,24H,4,6,8,10H2,1-3H3. The maximum absolute atomic E-state index is 13.2. The largest absolute Gasteiger partial charge is 0.497 e. The highest BCUT2D eigenvalue weighted by Gasteiger charge is 2.24. The van der Waals surface area contributed by atoms with E-state index in [1.807, 2.05) is 0 Å². The Hall–Kier alpha value is -2.38. The molecular formula is C21H24N2O4S. The molecule has 0 bridgehead atoms. The summed E-state index contributed by atoms with van der Waals surface area (Å²) in [6, 6.07) is 5.25. The van der Waals surface area contributed by atoms with Crippen molar-refractivity contribution in [3.63, 3.8) is 0 Å². The lowest BCUT2D eigenvalue weighted by molar-refractivity contribution is 0.150. The van der Waals surface area contributed by atoms with Gasteiger partial charge in [0.25, 0.3) is 5.56 Å². The Morgan fingerprint density at radius 3 is 2.93 bits per heavy atom. The summed E-state index contributed by atoms with van der Waals surface area (Å²) in [5, 5.41) is 11.5. The first-order chi connectivity index (χ1) is 13.5. The molecule has 0 saturated heterocycles. The monoisotopic (exact) mass is 400 g/mol. The molecule has 2 heterocycles. The molecule has 2 unspecified atom stereocenters. The molecule has 0 aliphatic heterocycles. The highest BCUT2D eigenvalue weighted by Crippen LogP contribution is 2.36. The first kappa shape index (κ1) is 19.0. The summed E-state index contributed by atoms with van der Waals surface area (Å²) >= 11 is 1.63. The van der Waals surface area contributed by atoms with Crippen LogP contribution < -0.4 is 15.0 Å². The van der Waals surface area contributed by atoms with Crippen LogP contribution in [0.25, 0.3) is 10.2 Å². The van der Waals surface area contributed by atoms with Crippen LogP contribution in [0, 0.1) is 5.92 Å². The van der Waals surface area contributed by atoms with Crippen molar-refractivity contribution in [3.05, 3.63) is 50.9 Å². The number of hydrogen-bond donors (Lipinski definition) is 1. The third-order valence-electron chi connectivity index (χ3n) is 5.45. The van der Waals surface area contributed by atoms with E-state index in [1.165, 1.54) is 15.8 Å². The van der Waals surface area contributed by atoms with Gasteiger partial charge < -0.3 is 14.6 Å². The SMILES string of the molecule is COc1ccc(OC)c(C(O)Cn2cnc3sc4c(c3c2=O)CCC(C)C4)c1. The second kappa shape index (κ2) is 7.56. The molecule has 6 nitrogen and oxygen atoms in total. The second-order valence-corrected chi connectivity index (χ2v) is 8.44. The molecule has 0 fully saturated rings. The number of ether oxygens (including phenoxy) is 2. The molecule has 3 aromatic rings. The van der Waals surface area contributed by atoms with Crippen molar-refractivity contribution >= 4 is 21.6 Å². The number of fused-ring (bicyclic) bond motifs is 3. The first-order valence-corrected chi connectivity index (χ1v) is 10.2. The lowest BCUT2D eigenvalue weighted by Crippen LogP contribution is -2.24. The minimum atomic E-state index is -0.920. The van der Waals surface area contributed by atoms with E-state index in [0.29, 0.717) is 23.0 Å². The lowest BCUT2D eigenvalue weighted by atomic mass is 9.89. The Morgan fingerprint density at radius 2 is 2.18 bits per heavy atom. The summed E-state index contributed by atoms with van der Waals surface area (Å²) in [7, 11) is 3.12. The van der Waals surface area contributed by atoms with E-state index in [1.54, 1.807) is 43.8 Å². The van der Waals surface area contributed by atoms with Crippen molar-refractivity contribution in [2.75, 3.05) is 14.2 Å². The maximum atomic E-state index is 13.2. The van der Waals surface area contributed by atoms with Crippen LogP contribution in [-0.4, -0.2) is 28.9 Å². The average molecular weight is 401 g/mol. The Labute approximate surface area is 167 Å². The smallest absolute Gasteiger partial charge is 0.262 e. The van der Waals surface area contributed by atoms with Crippen LogP contribution in [0.4, 0.5) is 0 Å². The van der Waals surface area contributed by atoms with Crippen LogP contribution in [0.15, 0.2) is 29.3 Å². The number of rotatable bonds is 5. The average Bonchev–Trinajstić information content (AvgIpc) is 3.07. The number of aliphatic hydroxyl groups is 1. The van der Waals surface area contributed by atoms with Gasteiger partial charge in [-0.1, -0.05) is 6.92 Å². The zero-order valence-corrected chi connectivity index (χ0v) is 17.1. The summed E-state index contributed by atoms with van der Waals surface area (Å²) in [5.41, 5.74) is 1.64. The number of aliphatic hydroxyl groups excluding tert-OH is 1. The second-order valence-electron chi connectivity index (χ2n) is 7.36. The number of nitrogens with zero attached hydrogens (tertiary/aromatic N) is 2. The molecule has 7 heteroatoms. The van der Waals surface area contributed by atoms with E-state index in [0.717, 1.165) is 35.0 Å². The predicted octanol–water partition coefficient (Wildman–Crippen LogP) is 3.33.